The molecular weight excluding hydrogens is 287 g/mol. The molecule has 0 heterocycles. The van der Waals surface area contributed by atoms with Crippen LogP contribution in [0.25, 0.3) is 0 Å². The Labute approximate surface area is 121 Å². The molecule has 2 aromatic rings. The summed E-state index contributed by atoms with van der Waals surface area (Å²) in [5, 5.41) is 20.2. The summed E-state index contributed by atoms with van der Waals surface area (Å²) in [5.74, 6) is -2.26. The Hall–Kier alpha value is -2.10. The van der Waals surface area contributed by atoms with Gasteiger partial charge in [-0.3, -0.25) is 0 Å². The van der Waals surface area contributed by atoms with Crippen molar-refractivity contribution in [2.24, 2.45) is 0 Å². The molecule has 0 saturated carbocycles. The van der Waals surface area contributed by atoms with E-state index in [-0.39, 0.29) is 28.2 Å². The topological polar surface area (TPSA) is 80.3 Å². The zero-order valence-corrected chi connectivity index (χ0v) is 11.0. The Morgan fingerprint density at radius 2 is 0.895 bits per heavy atom. The summed E-state index contributed by atoms with van der Waals surface area (Å²) < 4.78 is 0. The van der Waals surface area contributed by atoms with E-state index < -0.39 is 11.9 Å². The Morgan fingerprint density at radius 1 is 0.632 bits per heavy atom. The first-order chi connectivity index (χ1) is 8.61. The van der Waals surface area contributed by atoms with Crippen molar-refractivity contribution in [2.75, 3.05) is 0 Å². The third-order valence-corrected chi connectivity index (χ3v) is 2.02. The van der Waals surface area contributed by atoms with E-state index in [4.69, 9.17) is 0 Å². The SMILES string of the molecule is O=C([O-])c1ccccc1.O=C([O-])c1ccccc1.[Mn+2]. The van der Waals surface area contributed by atoms with Crippen molar-refractivity contribution in [3.8, 4) is 0 Å². The molecule has 19 heavy (non-hydrogen) atoms. The number of aromatic carboxylic acids is 2. The molecule has 0 aliphatic rings. The number of carboxylic acid groups (broad SMARTS) is 2. The fraction of sp³-hybridized carbons (Fsp3) is 0. The summed E-state index contributed by atoms with van der Waals surface area (Å²) in [7, 11) is 0. The molecule has 5 heteroatoms. The van der Waals surface area contributed by atoms with Gasteiger partial charge >= 0.3 is 17.1 Å². The quantitative estimate of drug-likeness (QED) is 0.736. The fourth-order valence-electron chi connectivity index (χ4n) is 1.15. The van der Waals surface area contributed by atoms with Crippen LogP contribution in [-0.2, 0) is 17.1 Å². The van der Waals surface area contributed by atoms with Gasteiger partial charge in [0.2, 0.25) is 0 Å². The van der Waals surface area contributed by atoms with Gasteiger partial charge in [-0.1, -0.05) is 60.7 Å². The van der Waals surface area contributed by atoms with E-state index >= 15 is 0 Å². The van der Waals surface area contributed by atoms with E-state index in [9.17, 15) is 19.8 Å². The van der Waals surface area contributed by atoms with Gasteiger partial charge in [-0.15, -0.1) is 0 Å². The minimum atomic E-state index is -1.13. The van der Waals surface area contributed by atoms with Crippen LogP contribution in [0.2, 0.25) is 0 Å². The number of carbonyl (C=O) groups is 2. The molecule has 0 atom stereocenters. The molecule has 0 aliphatic heterocycles. The van der Waals surface area contributed by atoms with Crippen LogP contribution < -0.4 is 10.2 Å². The van der Waals surface area contributed by atoms with E-state index in [1.165, 1.54) is 24.3 Å². The predicted molar refractivity (Wildman–Crippen MR) is 61.5 cm³/mol. The van der Waals surface area contributed by atoms with Crippen LogP contribution in [0.5, 0.6) is 0 Å². The Bertz CT molecular complexity index is 462. The summed E-state index contributed by atoms with van der Waals surface area (Å²) in [4.78, 5) is 20.2. The molecule has 0 N–H and O–H groups in total. The second-order valence-electron chi connectivity index (χ2n) is 3.31. The van der Waals surface area contributed by atoms with Crippen molar-refractivity contribution in [1.29, 1.82) is 0 Å². The third-order valence-electron chi connectivity index (χ3n) is 2.02. The van der Waals surface area contributed by atoms with Crippen molar-refractivity contribution in [2.45, 2.75) is 0 Å². The van der Waals surface area contributed by atoms with Gasteiger partial charge in [0.1, 0.15) is 0 Å². The summed E-state index contributed by atoms with van der Waals surface area (Å²) >= 11 is 0. The largest absolute Gasteiger partial charge is 2.00 e. The van der Waals surface area contributed by atoms with Crippen molar-refractivity contribution in [3.05, 3.63) is 71.8 Å². The third kappa shape index (κ3) is 6.40. The average Bonchev–Trinajstić information content (AvgIpc) is 2.41. The van der Waals surface area contributed by atoms with Crippen LogP contribution in [0.15, 0.2) is 60.7 Å². The van der Waals surface area contributed by atoms with Crippen LogP contribution in [0.3, 0.4) is 0 Å². The van der Waals surface area contributed by atoms with Gasteiger partial charge in [0.05, 0.1) is 11.9 Å². The van der Waals surface area contributed by atoms with Crippen LogP contribution in [0, 0.1) is 0 Å². The molecule has 0 spiro atoms. The Balaban J connectivity index is 0.000000324. The van der Waals surface area contributed by atoms with Gasteiger partial charge in [0.15, 0.2) is 0 Å². The van der Waals surface area contributed by atoms with Gasteiger partial charge < -0.3 is 19.8 Å². The molecule has 0 unspecified atom stereocenters. The molecule has 0 aliphatic carbocycles. The minimum Gasteiger partial charge on any atom is -0.545 e. The van der Waals surface area contributed by atoms with Crippen molar-refractivity contribution < 1.29 is 36.9 Å². The van der Waals surface area contributed by atoms with Crippen LogP contribution >= 0.6 is 0 Å². The van der Waals surface area contributed by atoms with Crippen LogP contribution in [0.1, 0.15) is 20.7 Å². The first-order valence-corrected chi connectivity index (χ1v) is 5.14. The van der Waals surface area contributed by atoms with Crippen molar-refractivity contribution in [1.82, 2.24) is 0 Å². The van der Waals surface area contributed by atoms with Crippen molar-refractivity contribution in [3.63, 3.8) is 0 Å². The Kier molecular flexibility index (Phi) is 7.93. The maximum Gasteiger partial charge on any atom is 2.00 e. The van der Waals surface area contributed by atoms with Crippen LogP contribution in [-0.4, -0.2) is 11.9 Å². The number of carboxylic acids is 2. The molecule has 0 bridgehead atoms. The van der Waals surface area contributed by atoms with Gasteiger partial charge in [-0.05, 0) is 11.1 Å². The van der Waals surface area contributed by atoms with E-state index in [1.54, 1.807) is 36.4 Å². The first-order valence-electron chi connectivity index (χ1n) is 5.14. The van der Waals surface area contributed by atoms with Crippen LogP contribution in [0.4, 0.5) is 0 Å². The average molecular weight is 297 g/mol. The zero-order chi connectivity index (χ0) is 13.4. The molecule has 0 aromatic heterocycles. The van der Waals surface area contributed by atoms with E-state index in [1.807, 2.05) is 0 Å². The Morgan fingerprint density at radius 3 is 1.05 bits per heavy atom. The second kappa shape index (κ2) is 8.91. The summed E-state index contributed by atoms with van der Waals surface area (Å²) in [6.07, 6.45) is 0. The maximum atomic E-state index is 10.1. The molecule has 4 nitrogen and oxygen atoms in total. The van der Waals surface area contributed by atoms with E-state index in [2.05, 4.69) is 0 Å². The monoisotopic (exact) mass is 297 g/mol. The number of hydrogen-bond acceptors (Lipinski definition) is 4. The number of benzene rings is 2. The molecular formula is C14H10MnO4. The van der Waals surface area contributed by atoms with E-state index in [0.29, 0.717) is 0 Å². The second-order valence-corrected chi connectivity index (χ2v) is 3.31. The van der Waals surface area contributed by atoms with Crippen molar-refractivity contribution >= 4 is 11.9 Å². The molecule has 2 aromatic carbocycles. The molecule has 0 saturated heterocycles. The number of rotatable bonds is 2. The van der Waals surface area contributed by atoms with Gasteiger partial charge in [0.25, 0.3) is 0 Å². The summed E-state index contributed by atoms with van der Waals surface area (Å²) in [5.41, 5.74) is 0.440. The smallest absolute Gasteiger partial charge is 0.545 e. The molecule has 0 amide bonds. The number of carbonyl (C=O) groups excluding carboxylic acids is 2. The van der Waals surface area contributed by atoms with Gasteiger partial charge in [-0.2, -0.15) is 0 Å². The standard InChI is InChI=1S/2C7H6O2.Mn/c2*8-7(9)6-4-2-1-3-5-6;/h2*1-5H,(H,8,9);/q;;+2/p-2. The summed E-state index contributed by atoms with van der Waals surface area (Å²) in [6.45, 7) is 0. The maximum absolute atomic E-state index is 10.1. The molecule has 1 radical (unpaired) electrons. The fourth-order valence-corrected chi connectivity index (χ4v) is 1.15. The van der Waals surface area contributed by atoms with Gasteiger partial charge in [-0.25, -0.2) is 0 Å². The minimum absolute atomic E-state index is 0. The normalized spacial score (nSPS) is 8.42. The van der Waals surface area contributed by atoms with Gasteiger partial charge in [0, 0.05) is 0 Å². The zero-order valence-electron chi connectivity index (χ0n) is 9.78. The molecule has 0 fully saturated rings. The first kappa shape index (κ1) is 16.9. The predicted octanol–water partition coefficient (Wildman–Crippen LogP) is 0.0977. The molecule has 2 rings (SSSR count). The van der Waals surface area contributed by atoms with E-state index in [0.717, 1.165) is 0 Å². The number of hydrogen-bond donors (Lipinski definition) is 0. The molecule has 97 valence electrons. The summed E-state index contributed by atoms with van der Waals surface area (Å²) in [6, 6.07) is 16.1.